The predicted octanol–water partition coefficient (Wildman–Crippen LogP) is 3.54. The Hall–Kier alpha value is -0.0400. The smallest absolute Gasteiger partial charge is 0.00926 e. The Morgan fingerprint density at radius 1 is 1.07 bits per heavy atom. The maximum Gasteiger partial charge on any atom is 0.00926 e. The first kappa shape index (κ1) is 12.0. The lowest BCUT2D eigenvalue weighted by Gasteiger charge is -2.30. The van der Waals surface area contributed by atoms with Crippen LogP contribution in [0.4, 0.5) is 0 Å². The summed E-state index contributed by atoms with van der Waals surface area (Å²) in [7, 11) is 0. The van der Waals surface area contributed by atoms with Gasteiger partial charge in [0.2, 0.25) is 0 Å². The SMILES string of the molecule is CCC(C)CC(C)C(C)N1CCCC1. The molecule has 1 heteroatoms. The van der Waals surface area contributed by atoms with Crippen LogP contribution >= 0.6 is 0 Å². The first-order chi connectivity index (χ1) is 6.65. The Labute approximate surface area is 89.9 Å². The molecule has 0 bridgehead atoms. The summed E-state index contributed by atoms with van der Waals surface area (Å²) in [6.45, 7) is 12.2. The van der Waals surface area contributed by atoms with E-state index >= 15 is 0 Å². The molecule has 0 radical (unpaired) electrons. The van der Waals surface area contributed by atoms with Crippen LogP contribution in [0.3, 0.4) is 0 Å². The van der Waals surface area contributed by atoms with Crippen molar-refractivity contribution >= 4 is 0 Å². The fraction of sp³-hybridized carbons (Fsp3) is 1.00. The van der Waals surface area contributed by atoms with Gasteiger partial charge in [-0.05, 0) is 51.1 Å². The zero-order valence-corrected chi connectivity index (χ0v) is 10.4. The van der Waals surface area contributed by atoms with Crippen LogP contribution in [0.15, 0.2) is 0 Å². The van der Waals surface area contributed by atoms with Gasteiger partial charge in [-0.15, -0.1) is 0 Å². The highest BCUT2D eigenvalue weighted by Gasteiger charge is 2.23. The minimum atomic E-state index is 0.798. The fourth-order valence-corrected chi connectivity index (χ4v) is 2.51. The van der Waals surface area contributed by atoms with E-state index < -0.39 is 0 Å². The van der Waals surface area contributed by atoms with Crippen LogP contribution in [0.1, 0.15) is 53.4 Å². The molecule has 1 fully saturated rings. The summed E-state index contributed by atoms with van der Waals surface area (Å²) in [6.07, 6.45) is 5.56. The number of nitrogens with zero attached hydrogens (tertiary/aromatic N) is 1. The van der Waals surface area contributed by atoms with Crippen molar-refractivity contribution in [1.29, 1.82) is 0 Å². The Morgan fingerprint density at radius 3 is 2.14 bits per heavy atom. The van der Waals surface area contributed by atoms with E-state index in [-0.39, 0.29) is 0 Å². The zero-order chi connectivity index (χ0) is 10.6. The minimum absolute atomic E-state index is 0.798. The van der Waals surface area contributed by atoms with Crippen LogP contribution in [0.5, 0.6) is 0 Å². The van der Waals surface area contributed by atoms with Gasteiger partial charge in [0, 0.05) is 6.04 Å². The average molecular weight is 197 g/mol. The maximum absolute atomic E-state index is 2.67. The number of hydrogen-bond acceptors (Lipinski definition) is 1. The zero-order valence-electron chi connectivity index (χ0n) is 10.4. The van der Waals surface area contributed by atoms with Gasteiger partial charge in [0.05, 0.1) is 0 Å². The third-order valence-electron chi connectivity index (χ3n) is 4.01. The van der Waals surface area contributed by atoms with E-state index in [1.54, 1.807) is 0 Å². The van der Waals surface area contributed by atoms with Crippen molar-refractivity contribution in [2.45, 2.75) is 59.4 Å². The van der Waals surface area contributed by atoms with Gasteiger partial charge in [-0.2, -0.15) is 0 Å². The highest BCUT2D eigenvalue weighted by molar-refractivity contribution is 4.77. The summed E-state index contributed by atoms with van der Waals surface area (Å²) in [6, 6.07) is 0.798. The second-order valence-electron chi connectivity index (χ2n) is 5.21. The number of likely N-dealkylation sites (tertiary alicyclic amines) is 1. The minimum Gasteiger partial charge on any atom is -0.300 e. The highest BCUT2D eigenvalue weighted by Crippen LogP contribution is 2.23. The molecule has 0 aromatic carbocycles. The quantitative estimate of drug-likeness (QED) is 0.651. The molecule has 84 valence electrons. The van der Waals surface area contributed by atoms with E-state index in [4.69, 9.17) is 0 Å². The predicted molar refractivity (Wildman–Crippen MR) is 63.5 cm³/mol. The van der Waals surface area contributed by atoms with E-state index in [0.717, 1.165) is 17.9 Å². The van der Waals surface area contributed by atoms with Crippen molar-refractivity contribution in [2.24, 2.45) is 11.8 Å². The van der Waals surface area contributed by atoms with E-state index in [0.29, 0.717) is 0 Å². The number of rotatable bonds is 5. The molecular formula is C13H27N. The Morgan fingerprint density at radius 2 is 1.64 bits per heavy atom. The van der Waals surface area contributed by atoms with Gasteiger partial charge in [0.15, 0.2) is 0 Å². The Balaban J connectivity index is 2.31. The van der Waals surface area contributed by atoms with Crippen LogP contribution in [-0.4, -0.2) is 24.0 Å². The molecule has 0 spiro atoms. The molecule has 0 N–H and O–H groups in total. The van der Waals surface area contributed by atoms with Gasteiger partial charge < -0.3 is 4.90 Å². The summed E-state index contributed by atoms with van der Waals surface area (Å²) in [5.74, 6) is 1.76. The molecule has 1 aliphatic heterocycles. The maximum atomic E-state index is 2.67. The van der Waals surface area contributed by atoms with E-state index in [9.17, 15) is 0 Å². The van der Waals surface area contributed by atoms with Gasteiger partial charge in [0.25, 0.3) is 0 Å². The third kappa shape index (κ3) is 3.27. The molecule has 1 aliphatic rings. The highest BCUT2D eigenvalue weighted by atomic mass is 15.2. The molecule has 1 nitrogen and oxygen atoms in total. The van der Waals surface area contributed by atoms with Crippen LogP contribution < -0.4 is 0 Å². The third-order valence-corrected chi connectivity index (χ3v) is 4.01. The lowest BCUT2D eigenvalue weighted by atomic mass is 9.90. The standard InChI is InChI=1S/C13H27N/c1-5-11(2)10-12(3)13(4)14-8-6-7-9-14/h11-13H,5-10H2,1-4H3. The topological polar surface area (TPSA) is 3.24 Å². The lowest BCUT2D eigenvalue weighted by Crippen LogP contribution is -2.35. The largest absolute Gasteiger partial charge is 0.300 e. The summed E-state index contributed by atoms with van der Waals surface area (Å²) >= 11 is 0. The molecule has 1 heterocycles. The first-order valence-corrected chi connectivity index (χ1v) is 6.39. The molecule has 0 aliphatic carbocycles. The van der Waals surface area contributed by atoms with Crippen LogP contribution in [-0.2, 0) is 0 Å². The monoisotopic (exact) mass is 197 g/mol. The molecule has 0 aromatic rings. The molecule has 1 rings (SSSR count). The molecule has 1 saturated heterocycles. The Kier molecular flexibility index (Phi) is 4.94. The van der Waals surface area contributed by atoms with Gasteiger partial charge in [-0.25, -0.2) is 0 Å². The van der Waals surface area contributed by atoms with E-state index in [1.165, 1.54) is 38.8 Å². The van der Waals surface area contributed by atoms with Gasteiger partial charge in [-0.3, -0.25) is 0 Å². The van der Waals surface area contributed by atoms with Gasteiger partial charge in [-0.1, -0.05) is 27.2 Å². The lowest BCUT2D eigenvalue weighted by molar-refractivity contribution is 0.179. The average Bonchev–Trinajstić information content (AvgIpc) is 2.69. The molecular weight excluding hydrogens is 170 g/mol. The first-order valence-electron chi connectivity index (χ1n) is 6.39. The summed E-state index contributed by atoms with van der Waals surface area (Å²) < 4.78 is 0. The molecule has 0 aromatic heterocycles. The number of hydrogen-bond donors (Lipinski definition) is 0. The summed E-state index contributed by atoms with van der Waals surface area (Å²) in [5.41, 5.74) is 0. The van der Waals surface area contributed by atoms with Crippen molar-refractivity contribution in [1.82, 2.24) is 4.90 Å². The molecule has 14 heavy (non-hydrogen) atoms. The second-order valence-corrected chi connectivity index (χ2v) is 5.21. The molecule has 0 amide bonds. The van der Waals surface area contributed by atoms with E-state index in [1.807, 2.05) is 0 Å². The van der Waals surface area contributed by atoms with Crippen LogP contribution in [0.2, 0.25) is 0 Å². The van der Waals surface area contributed by atoms with Gasteiger partial charge >= 0.3 is 0 Å². The van der Waals surface area contributed by atoms with Crippen molar-refractivity contribution in [3.63, 3.8) is 0 Å². The Bertz CT molecular complexity index is 149. The normalized spacial score (nSPS) is 24.9. The van der Waals surface area contributed by atoms with Crippen molar-refractivity contribution in [3.8, 4) is 0 Å². The molecule has 0 saturated carbocycles. The van der Waals surface area contributed by atoms with Gasteiger partial charge in [0.1, 0.15) is 0 Å². The van der Waals surface area contributed by atoms with E-state index in [2.05, 4.69) is 32.6 Å². The van der Waals surface area contributed by atoms with Crippen molar-refractivity contribution < 1.29 is 0 Å². The summed E-state index contributed by atoms with van der Waals surface area (Å²) in [4.78, 5) is 2.67. The van der Waals surface area contributed by atoms with Crippen molar-refractivity contribution in [3.05, 3.63) is 0 Å². The summed E-state index contributed by atoms with van der Waals surface area (Å²) in [5, 5.41) is 0. The van der Waals surface area contributed by atoms with Crippen molar-refractivity contribution in [2.75, 3.05) is 13.1 Å². The van der Waals surface area contributed by atoms with Crippen LogP contribution in [0, 0.1) is 11.8 Å². The van der Waals surface area contributed by atoms with Crippen LogP contribution in [0.25, 0.3) is 0 Å². The second kappa shape index (κ2) is 5.75. The molecule has 3 unspecified atom stereocenters. The molecule has 3 atom stereocenters. The fourth-order valence-electron chi connectivity index (χ4n) is 2.51.